The van der Waals surface area contributed by atoms with Gasteiger partial charge in [-0.05, 0) is 58.4 Å². The van der Waals surface area contributed by atoms with Gasteiger partial charge < -0.3 is 9.47 Å². The molecule has 2 nitrogen and oxygen atoms in total. The van der Waals surface area contributed by atoms with E-state index in [4.69, 9.17) is 9.47 Å². The molecule has 0 aromatic rings. The van der Waals surface area contributed by atoms with E-state index in [9.17, 15) is 0 Å². The smallest absolute Gasteiger partial charge is 0.153 e. The standard InChI is InChI=1S/C12H17IO2/c1-8-10-3-4-14-5-6-15-12(13)7-11(8)9(10)2/h3-4,7-11H,5-6H2,1-2H3/b4-3+,12-7+. The molecule has 2 unspecified atom stereocenters. The van der Waals surface area contributed by atoms with Crippen LogP contribution in [0.15, 0.2) is 22.2 Å². The van der Waals surface area contributed by atoms with Crippen molar-refractivity contribution in [2.75, 3.05) is 13.2 Å². The van der Waals surface area contributed by atoms with E-state index < -0.39 is 0 Å². The van der Waals surface area contributed by atoms with Crippen LogP contribution in [0.4, 0.5) is 0 Å². The van der Waals surface area contributed by atoms with Crippen LogP contribution in [0.3, 0.4) is 0 Å². The largest absolute Gasteiger partial charge is 0.498 e. The number of rotatable bonds is 0. The molecular weight excluding hydrogens is 303 g/mol. The lowest BCUT2D eigenvalue weighted by atomic mass is 9.58. The number of allylic oxidation sites excluding steroid dienone is 2. The Kier molecular flexibility index (Phi) is 3.59. The second-order valence-corrected chi connectivity index (χ2v) is 5.45. The van der Waals surface area contributed by atoms with Crippen LogP contribution in [0.25, 0.3) is 0 Å². The molecule has 3 aliphatic rings. The highest BCUT2D eigenvalue weighted by Gasteiger charge is 2.42. The maximum Gasteiger partial charge on any atom is 0.153 e. The summed E-state index contributed by atoms with van der Waals surface area (Å²) in [7, 11) is 0. The molecular formula is C12H17IO2. The number of ether oxygens (including phenoxy) is 2. The first-order valence-electron chi connectivity index (χ1n) is 5.48. The predicted octanol–water partition coefficient (Wildman–Crippen LogP) is 3.34. The van der Waals surface area contributed by atoms with Crippen molar-refractivity contribution in [3.05, 3.63) is 22.2 Å². The summed E-state index contributed by atoms with van der Waals surface area (Å²) in [4.78, 5) is 0. The van der Waals surface area contributed by atoms with Gasteiger partial charge in [-0.2, -0.15) is 0 Å². The van der Waals surface area contributed by atoms with Crippen molar-refractivity contribution in [2.24, 2.45) is 23.7 Å². The maximum atomic E-state index is 5.55. The zero-order valence-electron chi connectivity index (χ0n) is 9.15. The Morgan fingerprint density at radius 1 is 1.20 bits per heavy atom. The van der Waals surface area contributed by atoms with Crippen LogP contribution in [0.5, 0.6) is 0 Å². The third kappa shape index (κ3) is 2.32. The quantitative estimate of drug-likeness (QED) is 0.637. The first-order valence-corrected chi connectivity index (χ1v) is 6.56. The molecule has 15 heavy (non-hydrogen) atoms. The highest BCUT2D eigenvalue weighted by molar-refractivity contribution is 14.1. The third-order valence-corrected chi connectivity index (χ3v) is 4.26. The highest BCUT2D eigenvalue weighted by atomic mass is 127. The van der Waals surface area contributed by atoms with Gasteiger partial charge in [0.2, 0.25) is 0 Å². The fourth-order valence-electron chi connectivity index (χ4n) is 2.58. The van der Waals surface area contributed by atoms with Crippen LogP contribution < -0.4 is 0 Å². The minimum absolute atomic E-state index is 0.636. The summed E-state index contributed by atoms with van der Waals surface area (Å²) >= 11 is 2.26. The first kappa shape index (κ1) is 11.3. The molecule has 3 rings (SSSR count). The summed E-state index contributed by atoms with van der Waals surface area (Å²) in [5, 5.41) is 0. The first-order chi connectivity index (χ1) is 7.20. The SMILES string of the molecule is CC1C2/C=C(\I)OCCO/C=C/C1C2C. The van der Waals surface area contributed by atoms with Gasteiger partial charge in [0.05, 0.1) is 6.26 Å². The summed E-state index contributed by atoms with van der Waals surface area (Å²) in [6, 6.07) is 0. The zero-order valence-corrected chi connectivity index (χ0v) is 11.3. The van der Waals surface area contributed by atoms with Crippen LogP contribution in [-0.2, 0) is 9.47 Å². The van der Waals surface area contributed by atoms with Crippen molar-refractivity contribution in [2.45, 2.75) is 13.8 Å². The number of hydrogen-bond acceptors (Lipinski definition) is 2. The summed E-state index contributed by atoms with van der Waals surface area (Å²) in [6.07, 6.45) is 6.32. The van der Waals surface area contributed by atoms with Gasteiger partial charge in [-0.1, -0.05) is 13.8 Å². The van der Waals surface area contributed by atoms with Gasteiger partial charge >= 0.3 is 0 Å². The summed E-state index contributed by atoms with van der Waals surface area (Å²) < 4.78 is 11.9. The van der Waals surface area contributed by atoms with E-state index in [2.05, 4.69) is 48.6 Å². The van der Waals surface area contributed by atoms with Gasteiger partial charge in [0.15, 0.2) is 3.77 Å². The molecule has 0 spiro atoms. The zero-order chi connectivity index (χ0) is 10.8. The van der Waals surface area contributed by atoms with Crippen LogP contribution >= 0.6 is 22.6 Å². The van der Waals surface area contributed by atoms with Gasteiger partial charge in [-0.25, -0.2) is 0 Å². The van der Waals surface area contributed by atoms with Crippen molar-refractivity contribution < 1.29 is 9.47 Å². The molecule has 0 aromatic heterocycles. The number of halogens is 1. The Hall–Kier alpha value is -0.190. The average Bonchev–Trinajstić information content (AvgIpc) is 2.28. The van der Waals surface area contributed by atoms with Gasteiger partial charge in [0.25, 0.3) is 0 Å². The fourth-order valence-corrected chi connectivity index (χ4v) is 3.22. The van der Waals surface area contributed by atoms with Crippen molar-refractivity contribution in [3.63, 3.8) is 0 Å². The van der Waals surface area contributed by atoms with Crippen LogP contribution in [0, 0.1) is 23.7 Å². The molecule has 2 atom stereocenters. The predicted molar refractivity (Wildman–Crippen MR) is 68.5 cm³/mol. The molecule has 2 aliphatic heterocycles. The normalized spacial score (nSPS) is 45.9. The van der Waals surface area contributed by atoms with E-state index in [1.54, 1.807) is 0 Å². The van der Waals surface area contributed by atoms with Gasteiger partial charge in [0.1, 0.15) is 13.2 Å². The molecule has 0 saturated heterocycles. The second kappa shape index (κ2) is 4.76. The molecule has 0 radical (unpaired) electrons. The lowest BCUT2D eigenvalue weighted by molar-refractivity contribution is 0.0720. The Morgan fingerprint density at radius 2 is 1.93 bits per heavy atom. The molecule has 1 aliphatic carbocycles. The van der Waals surface area contributed by atoms with Crippen LogP contribution in [0.2, 0.25) is 0 Å². The van der Waals surface area contributed by atoms with Crippen LogP contribution in [0.1, 0.15) is 13.8 Å². The van der Waals surface area contributed by atoms with Gasteiger partial charge in [-0.3, -0.25) is 0 Å². The molecule has 1 fully saturated rings. The molecule has 1 saturated carbocycles. The van der Waals surface area contributed by atoms with Gasteiger partial charge in [-0.15, -0.1) is 0 Å². The second-order valence-electron chi connectivity index (χ2n) is 4.39. The average molecular weight is 320 g/mol. The van der Waals surface area contributed by atoms with Crippen molar-refractivity contribution in [1.82, 2.24) is 0 Å². The Bertz CT molecular complexity index is 275. The highest BCUT2D eigenvalue weighted by Crippen LogP contribution is 2.48. The Balaban J connectivity index is 2.13. The Morgan fingerprint density at radius 3 is 2.67 bits per heavy atom. The minimum atomic E-state index is 0.636. The molecule has 84 valence electrons. The lowest BCUT2D eigenvalue weighted by Crippen LogP contribution is -2.41. The molecule has 0 amide bonds. The van der Waals surface area contributed by atoms with Gasteiger partial charge in [0, 0.05) is 0 Å². The van der Waals surface area contributed by atoms with Crippen molar-refractivity contribution >= 4 is 22.6 Å². The summed E-state index contributed by atoms with van der Waals surface area (Å²) in [6.45, 7) is 5.88. The fraction of sp³-hybridized carbons (Fsp3) is 0.667. The van der Waals surface area contributed by atoms with E-state index in [0.717, 1.165) is 3.77 Å². The molecule has 2 heterocycles. The summed E-state index contributed by atoms with van der Waals surface area (Å²) in [5.74, 6) is 2.72. The van der Waals surface area contributed by atoms with Crippen molar-refractivity contribution in [1.29, 1.82) is 0 Å². The van der Waals surface area contributed by atoms with E-state index in [1.165, 1.54) is 0 Å². The van der Waals surface area contributed by atoms with Crippen LogP contribution in [-0.4, -0.2) is 13.2 Å². The maximum absolute atomic E-state index is 5.55. The van der Waals surface area contributed by atoms with Crippen molar-refractivity contribution in [3.8, 4) is 0 Å². The van der Waals surface area contributed by atoms with E-state index in [1.807, 2.05) is 6.26 Å². The summed E-state index contributed by atoms with van der Waals surface area (Å²) in [5.41, 5.74) is 0. The Labute approximate surface area is 105 Å². The minimum Gasteiger partial charge on any atom is -0.498 e. The molecule has 2 bridgehead atoms. The molecule has 0 aromatic carbocycles. The topological polar surface area (TPSA) is 18.5 Å². The number of hydrogen-bond donors (Lipinski definition) is 0. The third-order valence-electron chi connectivity index (χ3n) is 3.59. The van der Waals surface area contributed by atoms with E-state index in [-0.39, 0.29) is 0 Å². The monoisotopic (exact) mass is 320 g/mol. The molecule has 0 N–H and O–H groups in total. The van der Waals surface area contributed by atoms with E-state index in [0.29, 0.717) is 36.9 Å². The number of fused-ring (bicyclic) bond motifs is 5. The molecule has 3 heteroatoms. The van der Waals surface area contributed by atoms with E-state index >= 15 is 0 Å². The lowest BCUT2D eigenvalue weighted by Gasteiger charge is -2.46.